The molecule has 16 heteroatoms. The summed E-state index contributed by atoms with van der Waals surface area (Å²) in [5, 5.41) is 0. The first-order valence-electron chi connectivity index (χ1n) is 17.9. The molecule has 0 saturated carbocycles. The molecule has 0 N–H and O–H groups in total. The van der Waals surface area contributed by atoms with Gasteiger partial charge in [0.25, 0.3) is 20.3 Å². The van der Waals surface area contributed by atoms with E-state index in [2.05, 4.69) is 4.85 Å². The molecule has 2 amide bonds. The highest BCUT2D eigenvalue weighted by Crippen LogP contribution is 2.48. The Kier molecular flexibility index (Phi) is 17.3. The maximum Gasteiger partial charge on any atom is 0.343 e. The summed E-state index contributed by atoms with van der Waals surface area (Å²) in [6.07, 6.45) is 1.97. The zero-order chi connectivity index (χ0) is 38.7. The Morgan fingerprint density at radius 2 is 1.43 bits per heavy atom. The fourth-order valence-corrected chi connectivity index (χ4v) is 11.7. The maximum atomic E-state index is 14.0. The Labute approximate surface area is 306 Å². The van der Waals surface area contributed by atoms with E-state index in [1.807, 2.05) is 73.9 Å². The minimum Gasteiger partial charge on any atom is -0.465 e. The van der Waals surface area contributed by atoms with E-state index >= 15 is 0 Å². The Bertz CT molecular complexity index is 1210. The van der Waals surface area contributed by atoms with Crippen LogP contribution in [0.25, 0.3) is 4.85 Å². The van der Waals surface area contributed by atoms with Crippen LogP contribution in [0.1, 0.15) is 89.5 Å². The minimum atomic E-state index is -3.37. The van der Waals surface area contributed by atoms with Gasteiger partial charge in [0.05, 0.1) is 32.0 Å². The van der Waals surface area contributed by atoms with Gasteiger partial charge in [-0.1, -0.05) is 27.7 Å². The summed E-state index contributed by atoms with van der Waals surface area (Å²) in [6, 6.07) is -0.0427. The van der Waals surface area contributed by atoms with Crippen molar-refractivity contribution in [3.8, 4) is 0 Å². The molecule has 290 valence electrons. The van der Waals surface area contributed by atoms with E-state index in [9.17, 15) is 19.2 Å². The van der Waals surface area contributed by atoms with Crippen molar-refractivity contribution < 1.29 is 51.3 Å². The highest BCUT2D eigenvalue weighted by molar-refractivity contribution is 7.44. The van der Waals surface area contributed by atoms with Crippen molar-refractivity contribution >= 4 is 40.8 Å². The lowest BCUT2D eigenvalue weighted by atomic mass is 9.90. The van der Waals surface area contributed by atoms with Crippen LogP contribution in [0.3, 0.4) is 0 Å². The van der Waals surface area contributed by atoms with Crippen molar-refractivity contribution in [2.24, 2.45) is 5.41 Å². The average molecular weight is 758 g/mol. The molecule has 3 unspecified atom stereocenters. The number of esters is 2. The van der Waals surface area contributed by atoms with Crippen LogP contribution < -0.4 is 0 Å². The van der Waals surface area contributed by atoms with Gasteiger partial charge in [-0.15, -0.1) is 0 Å². The summed E-state index contributed by atoms with van der Waals surface area (Å²) in [5.41, 5.74) is -3.26. The highest BCUT2D eigenvalue weighted by Gasteiger charge is 2.56. The molecule has 1 fully saturated rings. The van der Waals surface area contributed by atoms with Gasteiger partial charge in [0.1, 0.15) is 6.61 Å². The number of fused-ring (bicyclic) bond motifs is 2. The van der Waals surface area contributed by atoms with Gasteiger partial charge >= 0.3 is 20.5 Å². The van der Waals surface area contributed by atoms with Gasteiger partial charge in [0, 0.05) is 18.6 Å². The minimum absolute atomic E-state index is 0.00293. The first kappa shape index (κ1) is 44.9. The smallest absolute Gasteiger partial charge is 0.343 e. The van der Waals surface area contributed by atoms with Crippen molar-refractivity contribution in [2.45, 2.75) is 130 Å². The quantitative estimate of drug-likeness (QED) is 0.0188. The SMILES string of the molecule is [C-]#[N+]CCOP(OCC(CO[Si](OC(C)(C)CCN1C(=O)C2C=CC(O2)C1=O)(C(C)C)C(C)C)(C(=O)OCC)C(=O)OCC)N(C(C)C)C(C)C. The predicted octanol–water partition coefficient (Wildman–Crippen LogP) is 5.55. The van der Waals surface area contributed by atoms with Gasteiger partial charge in [-0.2, -0.15) is 0 Å². The molecule has 0 aliphatic carbocycles. The third kappa shape index (κ3) is 11.1. The molecule has 2 bridgehead atoms. The fraction of sp³-hybridized carbons (Fsp3) is 0.800. The number of ether oxygens (including phenoxy) is 3. The molecule has 0 aromatic heterocycles. The van der Waals surface area contributed by atoms with E-state index in [1.54, 1.807) is 26.0 Å². The van der Waals surface area contributed by atoms with Crippen molar-refractivity contribution in [3.05, 3.63) is 23.6 Å². The average Bonchev–Trinajstić information content (AvgIpc) is 3.50. The number of carbonyl (C=O) groups is 4. The first-order valence-corrected chi connectivity index (χ1v) is 21.0. The van der Waals surface area contributed by atoms with Crippen LogP contribution >= 0.6 is 8.53 Å². The van der Waals surface area contributed by atoms with Gasteiger partial charge in [-0.3, -0.25) is 24.1 Å². The topological polar surface area (TPSA) is 144 Å². The fourth-order valence-electron chi connectivity index (χ4n) is 6.11. The summed E-state index contributed by atoms with van der Waals surface area (Å²) in [6.45, 7) is 29.5. The maximum absolute atomic E-state index is 14.0. The lowest BCUT2D eigenvalue weighted by molar-refractivity contribution is -0.178. The van der Waals surface area contributed by atoms with Crippen LogP contribution in [-0.2, 0) is 51.3 Å². The second-order valence-electron chi connectivity index (χ2n) is 14.4. The molecule has 2 rings (SSSR count). The largest absolute Gasteiger partial charge is 0.465 e. The third-order valence-electron chi connectivity index (χ3n) is 8.70. The normalized spacial score (nSPS) is 18.8. The highest BCUT2D eigenvalue weighted by atomic mass is 31.2. The number of rotatable bonds is 23. The van der Waals surface area contributed by atoms with Gasteiger partial charge in [0.2, 0.25) is 12.0 Å². The number of nitrogens with zero attached hydrogens (tertiary/aromatic N) is 3. The van der Waals surface area contributed by atoms with Gasteiger partial charge in [-0.05, 0) is 85.0 Å². The number of carbonyl (C=O) groups excluding carboxylic acids is 4. The predicted molar refractivity (Wildman–Crippen MR) is 194 cm³/mol. The number of morpholine rings is 1. The van der Waals surface area contributed by atoms with E-state index < -0.39 is 77.3 Å². The lowest BCUT2D eigenvalue weighted by Gasteiger charge is -2.45. The standard InChI is InChI=1S/C35H60N3O11PSi/c1-14-43-32(41)35(33(42)44-15-2,22-46-50(45-21-19-36-13)38(24(3)4)25(5)6)23-47-51(26(7)8,27(9)10)49-34(11,12)18-20-37-30(39)28-16-17-29(48-28)31(37)40/h16-17,24-29H,14-15,18-23H2,1-12H3. The molecule has 51 heavy (non-hydrogen) atoms. The zero-order valence-corrected chi connectivity index (χ0v) is 34.4. The van der Waals surface area contributed by atoms with E-state index in [0.29, 0.717) is 6.42 Å². The van der Waals surface area contributed by atoms with E-state index in [4.69, 9.17) is 38.7 Å². The molecule has 0 radical (unpaired) electrons. The summed E-state index contributed by atoms with van der Waals surface area (Å²) in [7, 11) is -5.20. The van der Waals surface area contributed by atoms with Crippen LogP contribution in [0.4, 0.5) is 0 Å². The van der Waals surface area contributed by atoms with Crippen LogP contribution in [0.2, 0.25) is 11.1 Å². The first-order chi connectivity index (χ1) is 23.8. The van der Waals surface area contributed by atoms with Crippen molar-refractivity contribution in [1.29, 1.82) is 0 Å². The summed E-state index contributed by atoms with van der Waals surface area (Å²) >= 11 is 0. The number of amides is 2. The van der Waals surface area contributed by atoms with Gasteiger partial charge in [0.15, 0.2) is 12.2 Å². The Balaban J connectivity index is 2.49. The Hall–Kier alpha value is -2.28. The van der Waals surface area contributed by atoms with Crippen molar-refractivity contribution in [2.75, 3.05) is 46.1 Å². The molecular formula is C35H60N3O11PSi. The molecule has 3 atom stereocenters. The van der Waals surface area contributed by atoms with E-state index in [-0.39, 0.29) is 56.1 Å². The summed E-state index contributed by atoms with van der Waals surface area (Å²) in [5.74, 6) is -2.54. The van der Waals surface area contributed by atoms with Crippen LogP contribution in [-0.4, -0.2) is 118 Å². The zero-order valence-electron chi connectivity index (χ0n) is 32.6. The van der Waals surface area contributed by atoms with Crippen molar-refractivity contribution in [1.82, 2.24) is 9.57 Å². The number of hydrogen-bond donors (Lipinski definition) is 0. The van der Waals surface area contributed by atoms with Crippen LogP contribution in [0.15, 0.2) is 12.2 Å². The molecule has 2 aliphatic heterocycles. The number of hydrogen-bond acceptors (Lipinski definition) is 12. The second-order valence-corrected chi connectivity index (χ2v) is 20.1. The Morgan fingerprint density at radius 3 is 1.86 bits per heavy atom. The molecule has 2 heterocycles. The Morgan fingerprint density at radius 1 is 0.922 bits per heavy atom. The monoisotopic (exact) mass is 757 g/mol. The van der Waals surface area contributed by atoms with Crippen LogP contribution in [0.5, 0.6) is 0 Å². The van der Waals surface area contributed by atoms with Gasteiger partial charge in [-0.25, -0.2) is 11.2 Å². The van der Waals surface area contributed by atoms with Gasteiger partial charge < -0.3 is 37.0 Å². The second kappa shape index (κ2) is 19.7. The summed E-state index contributed by atoms with van der Waals surface area (Å²) in [4.78, 5) is 58.3. The molecule has 1 saturated heterocycles. The van der Waals surface area contributed by atoms with Crippen LogP contribution in [0, 0.1) is 12.0 Å². The van der Waals surface area contributed by atoms with E-state index in [1.165, 1.54) is 4.90 Å². The third-order valence-corrected chi connectivity index (χ3v) is 15.4. The molecular weight excluding hydrogens is 697 g/mol. The molecule has 14 nitrogen and oxygen atoms in total. The lowest BCUT2D eigenvalue weighted by Crippen LogP contribution is -2.58. The molecule has 0 aromatic rings. The van der Waals surface area contributed by atoms with Crippen molar-refractivity contribution in [3.63, 3.8) is 0 Å². The number of imide groups is 1. The molecule has 0 aromatic carbocycles. The molecule has 0 spiro atoms. The summed E-state index contributed by atoms with van der Waals surface area (Å²) < 4.78 is 44.7. The van der Waals surface area contributed by atoms with E-state index in [0.717, 1.165) is 0 Å². The molecule has 2 aliphatic rings.